The van der Waals surface area contributed by atoms with E-state index >= 15 is 0 Å². The SMILES string of the molecule is CC(C)(C)c1ccccc1NC(=O)NCC#N. The van der Waals surface area contributed by atoms with Crippen molar-refractivity contribution in [2.24, 2.45) is 0 Å². The standard InChI is InChI=1S/C13H17N3O/c1-13(2,3)10-6-4-5-7-11(10)16-12(17)15-9-8-14/h4-7H,9H2,1-3H3,(H2,15,16,17). The number of para-hydroxylation sites is 1. The van der Waals surface area contributed by atoms with Crippen molar-refractivity contribution < 1.29 is 4.79 Å². The van der Waals surface area contributed by atoms with Crippen LogP contribution in [-0.4, -0.2) is 12.6 Å². The van der Waals surface area contributed by atoms with Crippen LogP contribution in [0.4, 0.5) is 10.5 Å². The average Bonchev–Trinajstić information content (AvgIpc) is 2.25. The van der Waals surface area contributed by atoms with Crippen LogP contribution in [0, 0.1) is 11.3 Å². The van der Waals surface area contributed by atoms with Crippen molar-refractivity contribution in [3.05, 3.63) is 29.8 Å². The summed E-state index contributed by atoms with van der Waals surface area (Å²) in [7, 11) is 0. The number of nitriles is 1. The molecule has 90 valence electrons. The summed E-state index contributed by atoms with van der Waals surface area (Å²) < 4.78 is 0. The van der Waals surface area contributed by atoms with Crippen LogP contribution in [0.5, 0.6) is 0 Å². The number of rotatable bonds is 2. The van der Waals surface area contributed by atoms with Crippen LogP contribution >= 0.6 is 0 Å². The second kappa shape index (κ2) is 5.35. The van der Waals surface area contributed by atoms with E-state index in [0.717, 1.165) is 11.3 Å². The van der Waals surface area contributed by atoms with Crippen LogP contribution in [-0.2, 0) is 5.41 Å². The van der Waals surface area contributed by atoms with E-state index < -0.39 is 0 Å². The maximum atomic E-state index is 11.5. The summed E-state index contributed by atoms with van der Waals surface area (Å²) in [5, 5.41) is 13.6. The molecule has 0 aliphatic rings. The second-order valence-electron chi connectivity index (χ2n) is 4.76. The van der Waals surface area contributed by atoms with Crippen molar-refractivity contribution >= 4 is 11.7 Å². The summed E-state index contributed by atoms with van der Waals surface area (Å²) in [6, 6.07) is 9.15. The minimum Gasteiger partial charge on any atom is -0.325 e. The van der Waals surface area contributed by atoms with E-state index in [1.807, 2.05) is 30.3 Å². The van der Waals surface area contributed by atoms with Crippen molar-refractivity contribution in [1.82, 2.24) is 5.32 Å². The maximum Gasteiger partial charge on any atom is 0.320 e. The molecule has 0 unspecified atom stereocenters. The molecule has 0 saturated carbocycles. The molecule has 4 nitrogen and oxygen atoms in total. The maximum absolute atomic E-state index is 11.5. The highest BCUT2D eigenvalue weighted by Gasteiger charge is 2.18. The fourth-order valence-corrected chi connectivity index (χ4v) is 1.53. The summed E-state index contributed by atoms with van der Waals surface area (Å²) in [5.41, 5.74) is 1.79. The number of anilines is 1. The number of carbonyl (C=O) groups is 1. The highest BCUT2D eigenvalue weighted by atomic mass is 16.2. The Labute approximate surface area is 102 Å². The molecule has 0 heterocycles. The minimum atomic E-state index is -0.358. The normalized spacial score (nSPS) is 10.5. The molecule has 0 aromatic heterocycles. The molecule has 2 amide bonds. The summed E-state index contributed by atoms with van der Waals surface area (Å²) in [6.45, 7) is 6.26. The van der Waals surface area contributed by atoms with Crippen LogP contribution in [0.1, 0.15) is 26.3 Å². The first-order valence-corrected chi connectivity index (χ1v) is 5.46. The molecule has 0 aliphatic heterocycles. The molecule has 0 saturated heterocycles. The molecule has 0 radical (unpaired) electrons. The fourth-order valence-electron chi connectivity index (χ4n) is 1.53. The molecule has 0 atom stereocenters. The van der Waals surface area contributed by atoms with Crippen molar-refractivity contribution in [2.75, 3.05) is 11.9 Å². The second-order valence-corrected chi connectivity index (χ2v) is 4.76. The zero-order valence-corrected chi connectivity index (χ0v) is 10.4. The monoisotopic (exact) mass is 231 g/mol. The predicted octanol–water partition coefficient (Wildman–Crippen LogP) is 2.63. The summed E-state index contributed by atoms with van der Waals surface area (Å²) in [4.78, 5) is 11.5. The molecule has 1 rings (SSSR count). The number of nitrogens with zero attached hydrogens (tertiary/aromatic N) is 1. The molecular weight excluding hydrogens is 214 g/mol. The highest BCUT2D eigenvalue weighted by Crippen LogP contribution is 2.28. The third-order valence-electron chi connectivity index (χ3n) is 2.31. The van der Waals surface area contributed by atoms with Gasteiger partial charge < -0.3 is 10.6 Å². The fraction of sp³-hybridized carbons (Fsp3) is 0.385. The molecule has 4 heteroatoms. The van der Waals surface area contributed by atoms with Crippen LogP contribution in [0.2, 0.25) is 0 Å². The van der Waals surface area contributed by atoms with Gasteiger partial charge in [0.05, 0.1) is 6.07 Å². The Balaban J connectivity index is 2.85. The van der Waals surface area contributed by atoms with Crippen LogP contribution < -0.4 is 10.6 Å². The van der Waals surface area contributed by atoms with Crippen molar-refractivity contribution in [3.8, 4) is 6.07 Å². The van der Waals surface area contributed by atoms with Crippen molar-refractivity contribution in [1.29, 1.82) is 5.26 Å². The first-order valence-electron chi connectivity index (χ1n) is 5.46. The topological polar surface area (TPSA) is 64.9 Å². The van der Waals surface area contributed by atoms with Gasteiger partial charge in [-0.15, -0.1) is 0 Å². The lowest BCUT2D eigenvalue weighted by atomic mass is 9.86. The van der Waals surface area contributed by atoms with Gasteiger partial charge in [0, 0.05) is 5.69 Å². The zero-order valence-electron chi connectivity index (χ0n) is 10.4. The Morgan fingerprint density at radius 2 is 2.00 bits per heavy atom. The van der Waals surface area contributed by atoms with Gasteiger partial charge in [-0.1, -0.05) is 39.0 Å². The molecule has 17 heavy (non-hydrogen) atoms. The molecule has 1 aromatic rings. The lowest BCUT2D eigenvalue weighted by molar-refractivity contribution is 0.253. The number of amides is 2. The Hall–Kier alpha value is -2.02. The molecule has 0 fully saturated rings. The smallest absolute Gasteiger partial charge is 0.320 e. The molecule has 0 aliphatic carbocycles. The van der Waals surface area contributed by atoms with Gasteiger partial charge in [0.1, 0.15) is 6.54 Å². The number of nitrogens with one attached hydrogen (secondary N) is 2. The van der Waals surface area contributed by atoms with Crippen molar-refractivity contribution in [2.45, 2.75) is 26.2 Å². The molecule has 0 spiro atoms. The highest BCUT2D eigenvalue weighted by molar-refractivity contribution is 5.90. The van der Waals surface area contributed by atoms with Crippen molar-refractivity contribution in [3.63, 3.8) is 0 Å². The third-order valence-corrected chi connectivity index (χ3v) is 2.31. The van der Waals surface area contributed by atoms with E-state index in [4.69, 9.17) is 5.26 Å². The van der Waals surface area contributed by atoms with Gasteiger partial charge in [0.15, 0.2) is 0 Å². The first-order chi connectivity index (χ1) is 7.95. The third kappa shape index (κ3) is 3.80. The zero-order chi connectivity index (χ0) is 12.9. The minimum absolute atomic E-state index is 0.00349. The quantitative estimate of drug-likeness (QED) is 0.768. The predicted molar refractivity (Wildman–Crippen MR) is 67.8 cm³/mol. The van der Waals surface area contributed by atoms with Gasteiger partial charge in [-0.05, 0) is 17.0 Å². The Kier molecular flexibility index (Phi) is 4.11. The lowest BCUT2D eigenvalue weighted by Gasteiger charge is -2.22. The van der Waals surface area contributed by atoms with Gasteiger partial charge in [0.25, 0.3) is 0 Å². The van der Waals surface area contributed by atoms with E-state index in [0.29, 0.717) is 0 Å². The van der Waals surface area contributed by atoms with Gasteiger partial charge in [-0.2, -0.15) is 5.26 Å². The number of hydrogen-bond acceptors (Lipinski definition) is 2. The Morgan fingerprint density at radius 1 is 1.35 bits per heavy atom. The Morgan fingerprint density at radius 3 is 2.59 bits per heavy atom. The molecule has 2 N–H and O–H groups in total. The van der Waals surface area contributed by atoms with Gasteiger partial charge >= 0.3 is 6.03 Å². The van der Waals surface area contributed by atoms with Crippen LogP contribution in [0.15, 0.2) is 24.3 Å². The van der Waals surface area contributed by atoms with E-state index in [-0.39, 0.29) is 18.0 Å². The summed E-state index contributed by atoms with van der Waals surface area (Å²) >= 11 is 0. The largest absolute Gasteiger partial charge is 0.325 e. The average molecular weight is 231 g/mol. The molecular formula is C13H17N3O. The van der Waals surface area contributed by atoms with Gasteiger partial charge in [-0.25, -0.2) is 4.79 Å². The van der Waals surface area contributed by atoms with E-state index in [2.05, 4.69) is 31.4 Å². The van der Waals surface area contributed by atoms with E-state index in [1.54, 1.807) is 0 Å². The summed E-state index contributed by atoms with van der Waals surface area (Å²) in [6.07, 6.45) is 0. The molecule has 0 bridgehead atoms. The number of carbonyl (C=O) groups excluding carboxylic acids is 1. The lowest BCUT2D eigenvalue weighted by Crippen LogP contribution is -2.30. The summed E-state index contributed by atoms with van der Waals surface area (Å²) in [5.74, 6) is 0. The Bertz CT molecular complexity index is 441. The van der Waals surface area contributed by atoms with Crippen LogP contribution in [0.25, 0.3) is 0 Å². The van der Waals surface area contributed by atoms with Gasteiger partial charge in [0.2, 0.25) is 0 Å². The van der Waals surface area contributed by atoms with E-state index in [1.165, 1.54) is 0 Å². The number of urea groups is 1. The number of benzene rings is 1. The first kappa shape index (κ1) is 13.0. The molecule has 1 aromatic carbocycles. The van der Waals surface area contributed by atoms with Crippen LogP contribution in [0.3, 0.4) is 0 Å². The number of hydrogen-bond donors (Lipinski definition) is 2. The van der Waals surface area contributed by atoms with Gasteiger partial charge in [-0.3, -0.25) is 0 Å². The van der Waals surface area contributed by atoms with E-state index in [9.17, 15) is 4.79 Å².